The fourth-order valence-electron chi connectivity index (χ4n) is 4.21. The second-order valence-corrected chi connectivity index (χ2v) is 9.25. The van der Waals surface area contributed by atoms with Crippen molar-refractivity contribution in [3.05, 3.63) is 98.1 Å². The third kappa shape index (κ3) is 6.28. The van der Waals surface area contributed by atoms with Gasteiger partial charge in [0.2, 0.25) is 5.91 Å². The van der Waals surface area contributed by atoms with Gasteiger partial charge >= 0.3 is 17.8 Å². The van der Waals surface area contributed by atoms with Crippen LogP contribution in [0.1, 0.15) is 28.7 Å². The molecule has 4 aromatic rings. The van der Waals surface area contributed by atoms with Gasteiger partial charge in [-0.2, -0.15) is 13.2 Å². The highest BCUT2D eigenvalue weighted by molar-refractivity contribution is 6.32. The van der Waals surface area contributed by atoms with Crippen molar-refractivity contribution in [3.63, 3.8) is 0 Å². The van der Waals surface area contributed by atoms with Crippen LogP contribution in [-0.2, 0) is 28.6 Å². The Morgan fingerprint density at radius 2 is 1.82 bits per heavy atom. The molecule has 1 aromatic heterocycles. The van der Waals surface area contributed by atoms with Crippen molar-refractivity contribution in [3.8, 4) is 11.1 Å². The Kier molecular flexibility index (Phi) is 7.78. The molecule has 1 heterocycles. The van der Waals surface area contributed by atoms with Crippen molar-refractivity contribution >= 4 is 40.1 Å². The Hall–Kier alpha value is -4.18. The van der Waals surface area contributed by atoms with E-state index in [9.17, 15) is 31.9 Å². The number of aryl methyl sites for hydroxylation is 2. The summed E-state index contributed by atoms with van der Waals surface area (Å²) in [6.45, 7) is 1.72. The minimum Gasteiger partial charge on any atom is -0.481 e. The first-order valence-corrected chi connectivity index (χ1v) is 11.9. The maximum Gasteiger partial charge on any atom is 0.418 e. The fourth-order valence-corrected chi connectivity index (χ4v) is 4.36. The lowest BCUT2D eigenvalue weighted by Crippen LogP contribution is -2.22. The van der Waals surface area contributed by atoms with Crippen molar-refractivity contribution < 1.29 is 36.7 Å². The zero-order chi connectivity index (χ0) is 28.5. The van der Waals surface area contributed by atoms with Crippen LogP contribution < -0.4 is 10.9 Å². The third-order valence-electron chi connectivity index (χ3n) is 6.02. The predicted molar refractivity (Wildman–Crippen MR) is 137 cm³/mol. The summed E-state index contributed by atoms with van der Waals surface area (Å²) in [7, 11) is 0. The van der Waals surface area contributed by atoms with E-state index in [0.29, 0.717) is 32.7 Å². The molecule has 1 amide bonds. The van der Waals surface area contributed by atoms with Gasteiger partial charge in [-0.05, 0) is 54.3 Å². The van der Waals surface area contributed by atoms with Gasteiger partial charge < -0.3 is 14.8 Å². The molecule has 0 aliphatic heterocycles. The van der Waals surface area contributed by atoms with Gasteiger partial charge in [0.1, 0.15) is 11.4 Å². The number of carboxylic acid groups (broad SMARTS) is 1. The van der Waals surface area contributed by atoms with Crippen LogP contribution in [-0.4, -0.2) is 17.0 Å². The van der Waals surface area contributed by atoms with Crippen LogP contribution in [0.3, 0.4) is 0 Å². The first-order valence-electron chi connectivity index (χ1n) is 11.6. The molecule has 3 aromatic carbocycles. The van der Waals surface area contributed by atoms with E-state index in [4.69, 9.17) is 21.1 Å². The van der Waals surface area contributed by atoms with E-state index in [2.05, 4.69) is 5.32 Å². The minimum atomic E-state index is -4.94. The van der Waals surface area contributed by atoms with E-state index in [1.165, 1.54) is 6.07 Å². The van der Waals surface area contributed by atoms with E-state index < -0.39 is 47.2 Å². The number of fused-ring (bicyclic) bond motifs is 1. The number of carbonyl (C=O) groups excluding carboxylic acids is 1. The number of carboxylic acids is 1. The Balaban J connectivity index is 1.83. The lowest BCUT2D eigenvalue weighted by Gasteiger charge is -2.16. The molecule has 0 saturated heterocycles. The van der Waals surface area contributed by atoms with Crippen molar-refractivity contribution in [2.45, 2.75) is 32.4 Å². The number of anilines is 1. The predicted octanol–water partition coefficient (Wildman–Crippen LogP) is 6.78. The lowest BCUT2D eigenvalue weighted by molar-refractivity contribution is -0.138. The summed E-state index contributed by atoms with van der Waals surface area (Å²) in [5.74, 6) is -3.09. The standard InChI is InChI=1S/C28H20ClF4NO5/c1-14-9-18-23(13-21(14)29)39-27(38)19(26(18)16-4-2-3-15(10-16)5-8-25(36)37)12-24(35)34-22-7-6-17(30)11-20(22)28(31,32)33/h2-4,6-7,9-11,13H,5,8,12H2,1H3,(H,34,35)(H,36,37). The van der Waals surface area contributed by atoms with Crippen LogP contribution in [0, 0.1) is 12.7 Å². The summed E-state index contributed by atoms with van der Waals surface area (Å²) in [6.07, 6.45) is -5.54. The van der Waals surface area contributed by atoms with Gasteiger partial charge in [-0.15, -0.1) is 0 Å². The molecule has 0 unspecified atom stereocenters. The van der Waals surface area contributed by atoms with Crippen LogP contribution in [0.15, 0.2) is 63.8 Å². The van der Waals surface area contributed by atoms with E-state index >= 15 is 0 Å². The number of hydrogen-bond donors (Lipinski definition) is 2. The van der Waals surface area contributed by atoms with Crippen molar-refractivity contribution in [2.75, 3.05) is 5.32 Å². The summed E-state index contributed by atoms with van der Waals surface area (Å²) in [4.78, 5) is 37.1. The number of alkyl halides is 3. The van der Waals surface area contributed by atoms with Gasteiger partial charge in [0.15, 0.2) is 0 Å². The van der Waals surface area contributed by atoms with Crippen molar-refractivity contribution in [2.24, 2.45) is 0 Å². The first-order chi connectivity index (χ1) is 18.3. The Bertz CT molecular complexity index is 1660. The van der Waals surface area contributed by atoms with Crippen LogP contribution in [0.4, 0.5) is 23.2 Å². The van der Waals surface area contributed by atoms with E-state index in [0.717, 1.165) is 12.1 Å². The van der Waals surface area contributed by atoms with Crippen LogP contribution in [0.5, 0.6) is 0 Å². The fraction of sp³-hybridized carbons (Fsp3) is 0.179. The maximum absolute atomic E-state index is 13.5. The molecule has 0 spiro atoms. The van der Waals surface area contributed by atoms with Crippen LogP contribution >= 0.6 is 11.6 Å². The maximum atomic E-state index is 13.5. The van der Waals surface area contributed by atoms with Crippen LogP contribution in [0.25, 0.3) is 22.1 Å². The zero-order valence-electron chi connectivity index (χ0n) is 20.3. The molecule has 39 heavy (non-hydrogen) atoms. The van der Waals surface area contributed by atoms with Gasteiger partial charge in [0.05, 0.1) is 23.2 Å². The smallest absolute Gasteiger partial charge is 0.418 e. The summed E-state index contributed by atoms with van der Waals surface area (Å²) in [5, 5.41) is 11.9. The number of carbonyl (C=O) groups is 2. The first kappa shape index (κ1) is 27.8. The quantitative estimate of drug-likeness (QED) is 0.192. The van der Waals surface area contributed by atoms with Crippen LogP contribution in [0.2, 0.25) is 5.02 Å². The van der Waals surface area contributed by atoms with Gasteiger partial charge in [0.25, 0.3) is 0 Å². The number of amides is 1. The Morgan fingerprint density at radius 3 is 2.51 bits per heavy atom. The second kappa shape index (κ2) is 10.9. The van der Waals surface area contributed by atoms with Gasteiger partial charge in [-0.25, -0.2) is 9.18 Å². The number of aliphatic carboxylic acids is 1. The van der Waals surface area contributed by atoms with Crippen molar-refractivity contribution in [1.29, 1.82) is 0 Å². The average Bonchev–Trinajstić information content (AvgIpc) is 2.85. The molecule has 0 fully saturated rings. The molecule has 0 bridgehead atoms. The molecule has 0 saturated carbocycles. The summed E-state index contributed by atoms with van der Waals surface area (Å²) in [6, 6.07) is 11.6. The molecular formula is C28H20ClF4NO5. The van der Waals surface area contributed by atoms with Crippen molar-refractivity contribution in [1.82, 2.24) is 0 Å². The Morgan fingerprint density at radius 1 is 1.08 bits per heavy atom. The lowest BCUT2D eigenvalue weighted by atomic mass is 9.92. The topological polar surface area (TPSA) is 96.6 Å². The number of halogens is 5. The van der Waals surface area contributed by atoms with E-state index in [-0.39, 0.29) is 30.1 Å². The molecule has 0 aliphatic rings. The van der Waals surface area contributed by atoms with Gasteiger partial charge in [0, 0.05) is 28.5 Å². The largest absolute Gasteiger partial charge is 0.481 e. The second-order valence-electron chi connectivity index (χ2n) is 8.85. The number of rotatable bonds is 7. The van der Waals surface area contributed by atoms with Gasteiger partial charge in [-0.3, -0.25) is 9.59 Å². The molecule has 0 aliphatic carbocycles. The molecule has 11 heteroatoms. The highest BCUT2D eigenvalue weighted by atomic mass is 35.5. The molecule has 202 valence electrons. The number of hydrogen-bond acceptors (Lipinski definition) is 4. The Labute approximate surface area is 223 Å². The van der Waals surface area contributed by atoms with E-state index in [1.54, 1.807) is 37.3 Å². The molecular weight excluding hydrogens is 542 g/mol. The minimum absolute atomic E-state index is 0.128. The SMILES string of the molecule is Cc1cc2c(-c3cccc(CCC(=O)O)c3)c(CC(=O)Nc3ccc(F)cc3C(F)(F)F)c(=O)oc2cc1Cl. The summed E-state index contributed by atoms with van der Waals surface area (Å²) < 4.78 is 59.2. The van der Waals surface area contributed by atoms with E-state index in [1.807, 2.05) is 0 Å². The summed E-state index contributed by atoms with van der Waals surface area (Å²) in [5.41, 5.74) is -0.898. The monoisotopic (exact) mass is 561 g/mol. The highest BCUT2D eigenvalue weighted by Gasteiger charge is 2.34. The molecule has 6 nitrogen and oxygen atoms in total. The normalized spacial score (nSPS) is 11.5. The van der Waals surface area contributed by atoms with Gasteiger partial charge in [-0.1, -0.05) is 35.9 Å². The molecule has 4 rings (SSSR count). The molecule has 2 N–H and O–H groups in total. The number of nitrogens with one attached hydrogen (secondary N) is 1. The third-order valence-corrected chi connectivity index (χ3v) is 6.43. The molecule has 0 radical (unpaired) electrons. The number of benzene rings is 3. The zero-order valence-corrected chi connectivity index (χ0v) is 21.0. The molecule has 0 atom stereocenters. The highest BCUT2D eigenvalue weighted by Crippen LogP contribution is 2.37. The summed E-state index contributed by atoms with van der Waals surface area (Å²) >= 11 is 6.21. The average molecular weight is 562 g/mol.